The summed E-state index contributed by atoms with van der Waals surface area (Å²) in [5.74, 6) is 0. The average molecular weight is 345 g/mol. The first-order chi connectivity index (χ1) is 8.76. The molecule has 1 heterocycles. The fourth-order valence-corrected chi connectivity index (χ4v) is 3.45. The molecule has 1 nitrogen and oxygen atoms in total. The second-order valence-corrected chi connectivity index (χ2v) is 5.97. The maximum Gasteiger partial charge on any atom is 0.0642 e. The summed E-state index contributed by atoms with van der Waals surface area (Å²) in [6, 6.07) is 10.3. The van der Waals surface area contributed by atoms with E-state index >= 15 is 0 Å². The van der Waals surface area contributed by atoms with E-state index in [9.17, 15) is 0 Å². The highest BCUT2D eigenvalue weighted by Crippen LogP contribution is 2.32. The van der Waals surface area contributed by atoms with Gasteiger partial charge in [0.25, 0.3) is 0 Å². The molecular formula is C14H15BrClNS. The second kappa shape index (κ2) is 6.60. The van der Waals surface area contributed by atoms with Crippen LogP contribution in [-0.2, 0) is 11.9 Å². The molecule has 0 N–H and O–H groups in total. The highest BCUT2D eigenvalue weighted by molar-refractivity contribution is 9.08. The number of hydrogen-bond acceptors (Lipinski definition) is 2. The summed E-state index contributed by atoms with van der Waals surface area (Å²) < 4.78 is 0. The Labute approximate surface area is 126 Å². The SMILES string of the molecule is CCN(Cc1cccs1)c1c(Cl)cccc1CBr. The lowest BCUT2D eigenvalue weighted by molar-refractivity contribution is 0.838. The quantitative estimate of drug-likeness (QED) is 0.663. The average Bonchev–Trinajstić information content (AvgIpc) is 2.89. The Balaban J connectivity index is 2.32. The van der Waals surface area contributed by atoms with E-state index in [0.29, 0.717) is 0 Å². The van der Waals surface area contributed by atoms with Crippen LogP contribution in [-0.4, -0.2) is 6.54 Å². The minimum atomic E-state index is 0.823. The van der Waals surface area contributed by atoms with Crippen molar-refractivity contribution in [1.29, 1.82) is 0 Å². The Morgan fingerprint density at radius 2 is 2.11 bits per heavy atom. The number of benzene rings is 1. The number of halogens is 2. The highest BCUT2D eigenvalue weighted by Gasteiger charge is 2.13. The maximum atomic E-state index is 6.36. The number of nitrogens with zero attached hydrogens (tertiary/aromatic N) is 1. The Kier molecular flexibility index (Phi) is 5.10. The van der Waals surface area contributed by atoms with Crippen LogP contribution < -0.4 is 4.90 Å². The van der Waals surface area contributed by atoms with Crippen molar-refractivity contribution in [2.24, 2.45) is 0 Å². The summed E-state index contributed by atoms with van der Waals surface area (Å²) in [7, 11) is 0. The smallest absolute Gasteiger partial charge is 0.0642 e. The Hall–Kier alpha value is -0.510. The molecule has 0 aliphatic carbocycles. The fourth-order valence-electron chi connectivity index (χ4n) is 1.96. The zero-order valence-electron chi connectivity index (χ0n) is 10.2. The zero-order chi connectivity index (χ0) is 13.0. The van der Waals surface area contributed by atoms with Crippen LogP contribution in [0.25, 0.3) is 0 Å². The number of para-hydroxylation sites is 1. The minimum Gasteiger partial charge on any atom is -0.365 e. The van der Waals surface area contributed by atoms with Crippen LogP contribution in [0.15, 0.2) is 35.7 Å². The van der Waals surface area contributed by atoms with Gasteiger partial charge in [-0.25, -0.2) is 0 Å². The number of rotatable bonds is 5. The third kappa shape index (κ3) is 3.08. The van der Waals surface area contributed by atoms with Crippen LogP contribution in [0.3, 0.4) is 0 Å². The number of hydrogen-bond donors (Lipinski definition) is 0. The molecule has 0 fully saturated rings. The molecule has 4 heteroatoms. The summed E-state index contributed by atoms with van der Waals surface area (Å²) in [5, 5.41) is 3.76. The number of thiophene rings is 1. The van der Waals surface area contributed by atoms with Crippen molar-refractivity contribution in [2.45, 2.75) is 18.8 Å². The first kappa shape index (κ1) is 13.9. The van der Waals surface area contributed by atoms with E-state index in [0.717, 1.165) is 29.1 Å². The predicted molar refractivity (Wildman–Crippen MR) is 85.1 cm³/mol. The van der Waals surface area contributed by atoms with Crippen molar-refractivity contribution in [1.82, 2.24) is 0 Å². The van der Waals surface area contributed by atoms with Gasteiger partial charge < -0.3 is 4.90 Å². The molecule has 0 saturated heterocycles. The van der Waals surface area contributed by atoms with Gasteiger partial charge in [0.05, 0.1) is 17.3 Å². The van der Waals surface area contributed by atoms with Crippen LogP contribution in [0.1, 0.15) is 17.4 Å². The Morgan fingerprint density at radius 1 is 1.28 bits per heavy atom. The van der Waals surface area contributed by atoms with E-state index in [-0.39, 0.29) is 0 Å². The fraction of sp³-hybridized carbons (Fsp3) is 0.286. The second-order valence-electron chi connectivity index (χ2n) is 3.97. The summed E-state index contributed by atoms with van der Waals surface area (Å²) in [4.78, 5) is 3.68. The monoisotopic (exact) mass is 343 g/mol. The minimum absolute atomic E-state index is 0.823. The van der Waals surface area contributed by atoms with Gasteiger partial charge >= 0.3 is 0 Å². The molecule has 0 radical (unpaired) electrons. The molecular weight excluding hydrogens is 330 g/mol. The summed E-state index contributed by atoms with van der Waals surface area (Å²) in [6.07, 6.45) is 0. The van der Waals surface area contributed by atoms with Crippen LogP contribution >= 0.6 is 38.9 Å². The Morgan fingerprint density at radius 3 is 2.72 bits per heavy atom. The first-order valence-electron chi connectivity index (χ1n) is 5.87. The van der Waals surface area contributed by atoms with E-state index in [1.165, 1.54) is 10.4 Å². The van der Waals surface area contributed by atoms with E-state index in [1.54, 1.807) is 11.3 Å². The zero-order valence-corrected chi connectivity index (χ0v) is 13.4. The highest BCUT2D eigenvalue weighted by atomic mass is 79.9. The van der Waals surface area contributed by atoms with Crippen molar-refractivity contribution in [3.8, 4) is 0 Å². The summed E-state index contributed by atoms with van der Waals surface area (Å²) in [5.41, 5.74) is 2.38. The first-order valence-corrected chi connectivity index (χ1v) is 8.24. The summed E-state index contributed by atoms with van der Waals surface area (Å²) >= 11 is 11.7. The molecule has 18 heavy (non-hydrogen) atoms. The van der Waals surface area contributed by atoms with Crippen LogP contribution in [0.2, 0.25) is 5.02 Å². The lowest BCUT2D eigenvalue weighted by Gasteiger charge is -2.26. The molecule has 0 aliphatic heterocycles. The van der Waals surface area contributed by atoms with Crippen LogP contribution in [0.4, 0.5) is 5.69 Å². The molecule has 0 spiro atoms. The van der Waals surface area contributed by atoms with Gasteiger partial charge in [0.15, 0.2) is 0 Å². The molecule has 1 aromatic carbocycles. The predicted octanol–water partition coefficient (Wildman–Crippen LogP) is 5.32. The van der Waals surface area contributed by atoms with Crippen molar-refractivity contribution in [3.63, 3.8) is 0 Å². The van der Waals surface area contributed by atoms with Crippen molar-refractivity contribution in [3.05, 3.63) is 51.2 Å². The molecule has 0 amide bonds. The topological polar surface area (TPSA) is 3.24 Å². The standard InChI is InChI=1S/C14H15BrClNS/c1-2-17(10-12-6-4-8-18-12)14-11(9-15)5-3-7-13(14)16/h3-8H,2,9-10H2,1H3. The van der Waals surface area contributed by atoms with Crippen LogP contribution in [0, 0.1) is 0 Å². The Bertz CT molecular complexity index is 499. The summed E-state index contributed by atoms with van der Waals surface area (Å²) in [6.45, 7) is 4.02. The van der Waals surface area contributed by atoms with Gasteiger partial charge in [-0.05, 0) is 30.0 Å². The van der Waals surface area contributed by atoms with Crippen molar-refractivity contribution < 1.29 is 0 Å². The molecule has 0 bridgehead atoms. The van der Waals surface area contributed by atoms with Gasteiger partial charge in [-0.2, -0.15) is 0 Å². The van der Waals surface area contributed by atoms with Gasteiger partial charge in [0, 0.05) is 16.8 Å². The third-order valence-corrected chi connectivity index (χ3v) is 4.61. The number of alkyl halides is 1. The van der Waals surface area contributed by atoms with Gasteiger partial charge in [-0.3, -0.25) is 0 Å². The molecule has 0 atom stereocenters. The molecule has 0 unspecified atom stereocenters. The van der Waals surface area contributed by atoms with Crippen LogP contribution in [0.5, 0.6) is 0 Å². The molecule has 2 aromatic rings. The van der Waals surface area contributed by atoms with Gasteiger partial charge in [-0.15, -0.1) is 11.3 Å². The lowest BCUT2D eigenvalue weighted by atomic mass is 10.1. The molecule has 0 saturated carbocycles. The number of anilines is 1. The third-order valence-electron chi connectivity index (χ3n) is 2.84. The lowest BCUT2D eigenvalue weighted by Crippen LogP contribution is -2.23. The van der Waals surface area contributed by atoms with Crippen molar-refractivity contribution >= 4 is 44.6 Å². The van der Waals surface area contributed by atoms with E-state index in [4.69, 9.17) is 11.6 Å². The molecule has 96 valence electrons. The maximum absolute atomic E-state index is 6.36. The van der Waals surface area contributed by atoms with Gasteiger partial charge in [0.2, 0.25) is 0 Å². The van der Waals surface area contributed by atoms with E-state index in [2.05, 4.69) is 51.3 Å². The normalized spacial score (nSPS) is 10.6. The van der Waals surface area contributed by atoms with E-state index in [1.807, 2.05) is 12.1 Å². The van der Waals surface area contributed by atoms with Crippen molar-refractivity contribution in [2.75, 3.05) is 11.4 Å². The van der Waals surface area contributed by atoms with Gasteiger partial charge in [0.1, 0.15) is 0 Å². The molecule has 1 aromatic heterocycles. The largest absolute Gasteiger partial charge is 0.365 e. The van der Waals surface area contributed by atoms with Gasteiger partial charge in [-0.1, -0.05) is 45.7 Å². The molecule has 0 aliphatic rings. The molecule has 2 rings (SSSR count). The van der Waals surface area contributed by atoms with E-state index < -0.39 is 0 Å².